The van der Waals surface area contributed by atoms with E-state index in [4.69, 9.17) is 4.98 Å². The highest BCUT2D eigenvalue weighted by molar-refractivity contribution is 6.22. The van der Waals surface area contributed by atoms with Gasteiger partial charge in [-0.1, -0.05) is 218 Å². The predicted octanol–water partition coefficient (Wildman–Crippen LogP) is 18.1. The molecule has 4 aliphatic carbocycles. The van der Waals surface area contributed by atoms with Crippen LogP contribution >= 0.6 is 0 Å². The molecular formula is C74H44N2. The van der Waals surface area contributed by atoms with Gasteiger partial charge in [-0.3, -0.25) is 9.97 Å². The van der Waals surface area contributed by atoms with Crippen LogP contribution in [0.5, 0.6) is 0 Å². The predicted molar refractivity (Wildman–Crippen MR) is 311 cm³/mol. The van der Waals surface area contributed by atoms with E-state index < -0.39 is 10.8 Å². The van der Waals surface area contributed by atoms with Crippen molar-refractivity contribution in [3.05, 3.63) is 312 Å². The van der Waals surface area contributed by atoms with Gasteiger partial charge in [-0.15, -0.1) is 0 Å². The molecule has 2 spiro atoms. The summed E-state index contributed by atoms with van der Waals surface area (Å²) in [6.07, 6.45) is 5.70. The van der Waals surface area contributed by atoms with Crippen LogP contribution in [0.4, 0.5) is 0 Å². The summed E-state index contributed by atoms with van der Waals surface area (Å²) in [5, 5.41) is 4.84. The summed E-state index contributed by atoms with van der Waals surface area (Å²) in [5.41, 5.74) is 29.2. The molecule has 0 saturated carbocycles. The zero-order valence-corrected chi connectivity index (χ0v) is 41.3. The zero-order valence-electron chi connectivity index (χ0n) is 41.3. The van der Waals surface area contributed by atoms with Crippen molar-refractivity contribution in [2.75, 3.05) is 0 Å². The summed E-state index contributed by atoms with van der Waals surface area (Å²) >= 11 is 0. The quantitative estimate of drug-likeness (QED) is 0.164. The molecule has 13 aromatic rings. The Morgan fingerprint density at radius 3 is 1.03 bits per heavy atom. The number of hydrogen-bond donors (Lipinski definition) is 0. The van der Waals surface area contributed by atoms with E-state index in [9.17, 15) is 0 Å². The smallest absolute Gasteiger partial charge is 0.0725 e. The molecule has 17 rings (SSSR count). The standard InChI is InChI=1S/C74H44N2/c1-2-24-59-58(23-1)71(46-32-35-56-54-21-7-13-29-66(54)73(68(56)41-46)62-25-9-3-17-50(62)51-18-4-10-26-63(51)73)60-37-31-45(70-38-34-49(44-76-70)48-16-15-39-75-43-48)40-61(60)72(59)47-33-36-57-55-22-8-14-30-67(55)74(69(57)42-47)64-27-11-5-19-52(64)53-20-6-12-28-65(53)74/h1-44H. The van der Waals surface area contributed by atoms with Gasteiger partial charge >= 0.3 is 0 Å². The molecule has 2 nitrogen and oxygen atoms in total. The molecule has 2 heterocycles. The first-order valence-corrected chi connectivity index (χ1v) is 26.4. The van der Waals surface area contributed by atoms with Gasteiger partial charge in [0.1, 0.15) is 0 Å². The average molecular weight is 961 g/mol. The van der Waals surface area contributed by atoms with Crippen molar-refractivity contribution in [3.63, 3.8) is 0 Å². The normalized spacial score (nSPS) is 14.0. The van der Waals surface area contributed by atoms with Crippen molar-refractivity contribution in [2.45, 2.75) is 10.8 Å². The van der Waals surface area contributed by atoms with E-state index in [0.717, 1.165) is 22.4 Å². The Morgan fingerprint density at radius 2 is 0.605 bits per heavy atom. The Morgan fingerprint density at radius 1 is 0.237 bits per heavy atom. The highest BCUT2D eigenvalue weighted by atomic mass is 14.7. The summed E-state index contributed by atoms with van der Waals surface area (Å²) in [7, 11) is 0. The van der Waals surface area contributed by atoms with E-state index in [1.165, 1.54) is 133 Å². The molecule has 0 radical (unpaired) electrons. The van der Waals surface area contributed by atoms with Crippen molar-refractivity contribution in [2.24, 2.45) is 0 Å². The first kappa shape index (κ1) is 41.7. The number of pyridine rings is 2. The lowest BCUT2D eigenvalue weighted by Crippen LogP contribution is -2.25. The fourth-order valence-electron chi connectivity index (χ4n) is 14.7. The first-order chi connectivity index (χ1) is 37.7. The van der Waals surface area contributed by atoms with Crippen molar-refractivity contribution >= 4 is 21.5 Å². The van der Waals surface area contributed by atoms with E-state index >= 15 is 0 Å². The molecule has 2 aromatic heterocycles. The second kappa shape index (κ2) is 15.4. The van der Waals surface area contributed by atoms with Crippen LogP contribution in [0.25, 0.3) is 111 Å². The van der Waals surface area contributed by atoms with Crippen LogP contribution in [-0.4, -0.2) is 9.97 Å². The molecule has 0 atom stereocenters. The Bertz CT molecular complexity index is 4510. The summed E-state index contributed by atoms with van der Waals surface area (Å²) in [4.78, 5) is 9.54. The summed E-state index contributed by atoms with van der Waals surface area (Å²) in [5.74, 6) is 0. The SMILES string of the molecule is c1cncc(-c2ccc(-c3ccc4c(-c5ccc6c(c5)C5(c7ccccc7-c7ccccc75)c5ccccc5-6)c5ccccc5c(-c5ccc6c(c5)C5(c7ccccc7-c7ccccc75)c5ccccc5-6)c4c3)nc2)c1. The maximum absolute atomic E-state index is 5.15. The lowest BCUT2D eigenvalue weighted by atomic mass is 9.70. The third kappa shape index (κ3) is 5.30. The highest BCUT2D eigenvalue weighted by Gasteiger charge is 2.53. The average Bonchev–Trinajstić information content (AvgIpc) is 4.33. The van der Waals surface area contributed by atoms with Crippen LogP contribution in [0.1, 0.15) is 44.5 Å². The third-order valence-corrected chi connectivity index (χ3v) is 17.6. The van der Waals surface area contributed by atoms with E-state index in [0.29, 0.717) is 0 Å². The molecule has 0 aliphatic heterocycles. The number of rotatable bonds is 4. The molecule has 350 valence electrons. The molecule has 0 fully saturated rings. The van der Waals surface area contributed by atoms with Gasteiger partial charge in [0, 0.05) is 35.3 Å². The molecule has 0 amide bonds. The third-order valence-electron chi connectivity index (χ3n) is 17.6. The minimum absolute atomic E-state index is 0.461. The Balaban J connectivity index is 0.946. The van der Waals surface area contributed by atoms with Gasteiger partial charge in [-0.2, -0.15) is 0 Å². The van der Waals surface area contributed by atoms with Crippen molar-refractivity contribution in [3.8, 4) is 89.1 Å². The molecular weight excluding hydrogens is 917 g/mol. The summed E-state index contributed by atoms with van der Waals surface area (Å²) < 4.78 is 0. The van der Waals surface area contributed by atoms with Crippen molar-refractivity contribution in [1.29, 1.82) is 0 Å². The van der Waals surface area contributed by atoms with E-state index in [1.807, 2.05) is 24.7 Å². The van der Waals surface area contributed by atoms with Crippen LogP contribution in [0.15, 0.2) is 267 Å². The largest absolute Gasteiger partial charge is 0.264 e. The van der Waals surface area contributed by atoms with E-state index in [-0.39, 0.29) is 0 Å². The monoisotopic (exact) mass is 960 g/mol. The topological polar surface area (TPSA) is 25.8 Å². The van der Waals surface area contributed by atoms with Gasteiger partial charge in [0.25, 0.3) is 0 Å². The second-order valence-electron chi connectivity index (χ2n) is 21.0. The van der Waals surface area contributed by atoms with Crippen LogP contribution < -0.4 is 0 Å². The number of fused-ring (bicyclic) bond motifs is 22. The molecule has 11 aromatic carbocycles. The first-order valence-electron chi connectivity index (χ1n) is 26.4. The molecule has 0 N–H and O–H groups in total. The fourth-order valence-corrected chi connectivity index (χ4v) is 14.7. The van der Waals surface area contributed by atoms with Gasteiger partial charge in [0.05, 0.1) is 16.5 Å². The van der Waals surface area contributed by atoms with Crippen molar-refractivity contribution < 1.29 is 0 Å². The fraction of sp³-hybridized carbons (Fsp3) is 0.0270. The minimum atomic E-state index is -0.471. The van der Waals surface area contributed by atoms with E-state index in [1.54, 1.807) is 0 Å². The Hall–Kier alpha value is -9.76. The van der Waals surface area contributed by atoms with Gasteiger partial charge in [-0.25, -0.2) is 0 Å². The maximum atomic E-state index is 5.15. The van der Waals surface area contributed by atoms with Crippen LogP contribution in [0.3, 0.4) is 0 Å². The summed E-state index contributed by atoms with van der Waals surface area (Å²) in [6.45, 7) is 0. The van der Waals surface area contributed by atoms with Gasteiger partial charge in [0.15, 0.2) is 0 Å². The minimum Gasteiger partial charge on any atom is -0.264 e. The molecule has 2 heteroatoms. The van der Waals surface area contributed by atoms with Crippen LogP contribution in [-0.2, 0) is 10.8 Å². The van der Waals surface area contributed by atoms with Gasteiger partial charge in [-0.05, 0) is 163 Å². The lowest BCUT2D eigenvalue weighted by molar-refractivity contribution is 0.794. The second-order valence-corrected chi connectivity index (χ2v) is 21.0. The Labute approximate surface area is 441 Å². The number of nitrogens with zero attached hydrogens (tertiary/aromatic N) is 2. The molecule has 4 aliphatic rings. The van der Waals surface area contributed by atoms with E-state index in [2.05, 4.69) is 248 Å². The number of hydrogen-bond acceptors (Lipinski definition) is 2. The van der Waals surface area contributed by atoms with Crippen LogP contribution in [0, 0.1) is 0 Å². The molecule has 76 heavy (non-hydrogen) atoms. The van der Waals surface area contributed by atoms with Gasteiger partial charge in [0.2, 0.25) is 0 Å². The maximum Gasteiger partial charge on any atom is 0.0725 e. The summed E-state index contributed by atoms with van der Waals surface area (Å²) in [6, 6.07) is 93.9. The number of benzene rings is 11. The molecule has 0 saturated heterocycles. The highest BCUT2D eigenvalue weighted by Crippen LogP contribution is 2.65. The molecule has 0 unspecified atom stereocenters. The zero-order chi connectivity index (χ0) is 49.7. The molecule has 0 bridgehead atoms. The lowest BCUT2D eigenvalue weighted by Gasteiger charge is -2.31. The van der Waals surface area contributed by atoms with Crippen molar-refractivity contribution in [1.82, 2.24) is 9.97 Å². The Kier molecular flexibility index (Phi) is 8.44. The van der Waals surface area contributed by atoms with Gasteiger partial charge < -0.3 is 0 Å². The van der Waals surface area contributed by atoms with Crippen LogP contribution in [0.2, 0.25) is 0 Å². The number of aromatic nitrogens is 2.